The van der Waals surface area contributed by atoms with Crippen molar-refractivity contribution in [1.82, 2.24) is 0 Å². The zero-order valence-corrected chi connectivity index (χ0v) is 11.5. The summed E-state index contributed by atoms with van der Waals surface area (Å²) in [5.74, 6) is 0.545. The van der Waals surface area contributed by atoms with E-state index in [1.54, 1.807) is 25.1 Å². The molecular weight excluding hydrogens is 254 g/mol. The second kappa shape index (κ2) is 6.10. The normalized spacial score (nSPS) is 10.1. The highest BCUT2D eigenvalue weighted by Gasteiger charge is 2.05. The van der Waals surface area contributed by atoms with Gasteiger partial charge >= 0.3 is 0 Å². The number of amides is 1. The molecule has 2 rings (SSSR count). The van der Waals surface area contributed by atoms with E-state index in [-0.39, 0.29) is 18.3 Å². The first-order valence-electron chi connectivity index (χ1n) is 6.33. The van der Waals surface area contributed by atoms with E-state index in [1.807, 2.05) is 25.1 Å². The molecule has 4 heteroatoms. The minimum atomic E-state index is -0.269. The first kappa shape index (κ1) is 13.9. The van der Waals surface area contributed by atoms with E-state index in [2.05, 4.69) is 5.32 Å². The van der Waals surface area contributed by atoms with Gasteiger partial charge in [-0.15, -0.1) is 0 Å². The molecular formula is C16H17NO3. The Hall–Kier alpha value is -2.49. The molecule has 0 aliphatic rings. The fourth-order valence-corrected chi connectivity index (χ4v) is 1.74. The Morgan fingerprint density at radius 2 is 2.00 bits per heavy atom. The van der Waals surface area contributed by atoms with Crippen LogP contribution in [0.1, 0.15) is 11.1 Å². The van der Waals surface area contributed by atoms with E-state index in [4.69, 9.17) is 4.74 Å². The predicted molar refractivity (Wildman–Crippen MR) is 78.1 cm³/mol. The van der Waals surface area contributed by atoms with E-state index >= 15 is 0 Å². The van der Waals surface area contributed by atoms with E-state index < -0.39 is 0 Å². The van der Waals surface area contributed by atoms with Crippen LogP contribution in [0.4, 0.5) is 5.69 Å². The van der Waals surface area contributed by atoms with Crippen molar-refractivity contribution >= 4 is 11.6 Å². The lowest BCUT2D eigenvalue weighted by Crippen LogP contribution is -2.20. The minimum absolute atomic E-state index is 0.0713. The molecule has 0 fully saturated rings. The number of hydrogen-bond donors (Lipinski definition) is 2. The number of aromatic hydroxyl groups is 1. The van der Waals surface area contributed by atoms with Crippen molar-refractivity contribution < 1.29 is 14.6 Å². The largest absolute Gasteiger partial charge is 0.508 e. The van der Waals surface area contributed by atoms with E-state index in [1.165, 1.54) is 6.07 Å². The Morgan fingerprint density at radius 1 is 1.20 bits per heavy atom. The van der Waals surface area contributed by atoms with Gasteiger partial charge in [0.25, 0.3) is 5.91 Å². The number of benzene rings is 2. The third-order valence-corrected chi connectivity index (χ3v) is 2.85. The van der Waals surface area contributed by atoms with Crippen molar-refractivity contribution in [2.75, 3.05) is 11.9 Å². The summed E-state index contributed by atoms with van der Waals surface area (Å²) in [4.78, 5) is 11.7. The quantitative estimate of drug-likeness (QED) is 0.898. The van der Waals surface area contributed by atoms with Gasteiger partial charge in [0.15, 0.2) is 6.61 Å². The molecule has 4 nitrogen and oxygen atoms in total. The number of carbonyl (C=O) groups is 1. The molecule has 0 spiro atoms. The Morgan fingerprint density at radius 3 is 2.70 bits per heavy atom. The molecule has 1 amide bonds. The van der Waals surface area contributed by atoms with Crippen molar-refractivity contribution in [2.24, 2.45) is 0 Å². The molecule has 20 heavy (non-hydrogen) atoms. The summed E-state index contributed by atoms with van der Waals surface area (Å²) in [5.41, 5.74) is 2.39. The Balaban J connectivity index is 1.91. The van der Waals surface area contributed by atoms with Crippen molar-refractivity contribution in [3.63, 3.8) is 0 Å². The molecule has 0 heterocycles. The molecule has 0 aliphatic heterocycles. The van der Waals surface area contributed by atoms with Gasteiger partial charge in [-0.2, -0.15) is 0 Å². The summed E-state index contributed by atoms with van der Waals surface area (Å²) < 4.78 is 5.40. The molecule has 0 aromatic heterocycles. The fourth-order valence-electron chi connectivity index (χ4n) is 1.74. The highest BCUT2D eigenvalue weighted by molar-refractivity contribution is 5.92. The van der Waals surface area contributed by atoms with Gasteiger partial charge in [-0.05, 0) is 43.2 Å². The molecule has 0 unspecified atom stereocenters. The molecule has 0 saturated carbocycles. The van der Waals surface area contributed by atoms with Gasteiger partial charge in [0.2, 0.25) is 0 Å². The zero-order valence-electron chi connectivity index (χ0n) is 11.5. The van der Waals surface area contributed by atoms with Crippen LogP contribution in [0.3, 0.4) is 0 Å². The third kappa shape index (κ3) is 3.75. The first-order valence-corrected chi connectivity index (χ1v) is 6.33. The van der Waals surface area contributed by atoms with Crippen LogP contribution in [0.5, 0.6) is 11.5 Å². The Kier molecular flexibility index (Phi) is 4.25. The van der Waals surface area contributed by atoms with Crippen LogP contribution in [-0.4, -0.2) is 17.6 Å². The molecule has 2 aromatic carbocycles. The van der Waals surface area contributed by atoms with Crippen LogP contribution in [0.15, 0.2) is 42.5 Å². The molecule has 0 aliphatic carbocycles. The number of ether oxygens (including phenoxy) is 1. The molecule has 0 atom stereocenters. The van der Waals surface area contributed by atoms with E-state index in [9.17, 15) is 9.90 Å². The average Bonchev–Trinajstić information content (AvgIpc) is 2.41. The molecule has 0 saturated heterocycles. The van der Waals surface area contributed by atoms with Crippen molar-refractivity contribution in [3.8, 4) is 11.5 Å². The van der Waals surface area contributed by atoms with Crippen LogP contribution in [0.2, 0.25) is 0 Å². The smallest absolute Gasteiger partial charge is 0.262 e. The van der Waals surface area contributed by atoms with Crippen LogP contribution in [-0.2, 0) is 4.79 Å². The predicted octanol–water partition coefficient (Wildman–Crippen LogP) is 3.03. The van der Waals surface area contributed by atoms with Gasteiger partial charge in [0.1, 0.15) is 11.5 Å². The number of rotatable bonds is 4. The van der Waals surface area contributed by atoms with Crippen LogP contribution in [0.25, 0.3) is 0 Å². The Bertz CT molecular complexity index is 623. The molecule has 0 radical (unpaired) electrons. The number of carbonyl (C=O) groups excluding carboxylic acids is 1. The van der Waals surface area contributed by atoms with Crippen molar-refractivity contribution in [1.29, 1.82) is 0 Å². The molecule has 0 bridgehead atoms. The van der Waals surface area contributed by atoms with Crippen molar-refractivity contribution in [2.45, 2.75) is 13.8 Å². The topological polar surface area (TPSA) is 58.6 Å². The van der Waals surface area contributed by atoms with Crippen LogP contribution < -0.4 is 10.1 Å². The fraction of sp³-hybridized carbons (Fsp3) is 0.188. The summed E-state index contributed by atoms with van der Waals surface area (Å²) in [5, 5.41) is 12.2. The SMILES string of the molecule is Cc1cccc(OCC(=O)Nc2ccc(C)c(O)c2)c1. The van der Waals surface area contributed by atoms with E-state index in [0.717, 1.165) is 11.1 Å². The standard InChI is InChI=1S/C16H17NO3/c1-11-4-3-5-14(8-11)20-10-16(19)17-13-7-6-12(2)15(18)9-13/h3-9,18H,10H2,1-2H3,(H,17,19). The third-order valence-electron chi connectivity index (χ3n) is 2.85. The van der Waals surface area contributed by atoms with E-state index in [0.29, 0.717) is 11.4 Å². The van der Waals surface area contributed by atoms with Crippen LogP contribution in [0, 0.1) is 13.8 Å². The van der Waals surface area contributed by atoms with Gasteiger partial charge in [0.05, 0.1) is 0 Å². The monoisotopic (exact) mass is 271 g/mol. The molecule has 2 N–H and O–H groups in total. The summed E-state index contributed by atoms with van der Waals surface area (Å²) in [7, 11) is 0. The van der Waals surface area contributed by atoms with Crippen molar-refractivity contribution in [3.05, 3.63) is 53.6 Å². The minimum Gasteiger partial charge on any atom is -0.508 e. The summed E-state index contributed by atoms with van der Waals surface area (Å²) in [6, 6.07) is 12.5. The highest BCUT2D eigenvalue weighted by Crippen LogP contribution is 2.20. The number of phenolic OH excluding ortho intramolecular Hbond substituents is 1. The maximum absolute atomic E-state index is 11.7. The average molecular weight is 271 g/mol. The maximum Gasteiger partial charge on any atom is 0.262 e. The Labute approximate surface area is 118 Å². The summed E-state index contributed by atoms with van der Waals surface area (Å²) in [6.45, 7) is 3.68. The van der Waals surface area contributed by atoms with Gasteiger partial charge in [0, 0.05) is 11.8 Å². The van der Waals surface area contributed by atoms with Gasteiger partial charge in [-0.1, -0.05) is 18.2 Å². The highest BCUT2D eigenvalue weighted by atomic mass is 16.5. The van der Waals surface area contributed by atoms with Gasteiger partial charge in [-0.25, -0.2) is 0 Å². The lowest BCUT2D eigenvalue weighted by molar-refractivity contribution is -0.118. The summed E-state index contributed by atoms with van der Waals surface area (Å²) in [6.07, 6.45) is 0. The number of aryl methyl sites for hydroxylation is 2. The lowest BCUT2D eigenvalue weighted by Gasteiger charge is -2.09. The second-order valence-electron chi connectivity index (χ2n) is 4.65. The zero-order chi connectivity index (χ0) is 14.5. The van der Waals surface area contributed by atoms with Gasteiger partial charge in [-0.3, -0.25) is 4.79 Å². The van der Waals surface area contributed by atoms with Crippen LogP contribution >= 0.6 is 0 Å². The number of anilines is 1. The number of nitrogens with one attached hydrogen (secondary N) is 1. The maximum atomic E-state index is 11.7. The molecule has 104 valence electrons. The number of hydrogen-bond acceptors (Lipinski definition) is 3. The second-order valence-corrected chi connectivity index (χ2v) is 4.65. The van der Waals surface area contributed by atoms with Gasteiger partial charge < -0.3 is 15.2 Å². The summed E-state index contributed by atoms with van der Waals surface area (Å²) >= 11 is 0. The first-order chi connectivity index (χ1) is 9.54. The molecule has 2 aromatic rings. The lowest BCUT2D eigenvalue weighted by atomic mass is 10.2. The number of phenols is 1.